The molecule has 0 atom stereocenters. The van der Waals surface area contributed by atoms with Gasteiger partial charge in [0.25, 0.3) is 6.43 Å². The van der Waals surface area contributed by atoms with E-state index in [4.69, 9.17) is 19.2 Å². The van der Waals surface area contributed by atoms with Crippen molar-refractivity contribution < 1.29 is 27.8 Å². The maximum Gasteiger partial charge on any atom is 0.296 e. The van der Waals surface area contributed by atoms with Crippen molar-refractivity contribution in [1.82, 2.24) is 29.7 Å². The molecule has 3 fully saturated rings. The summed E-state index contributed by atoms with van der Waals surface area (Å²) in [6.07, 6.45) is 0.832. The van der Waals surface area contributed by atoms with Crippen molar-refractivity contribution in [2.45, 2.75) is 44.6 Å². The van der Waals surface area contributed by atoms with Gasteiger partial charge in [-0.15, -0.1) is 0 Å². The van der Waals surface area contributed by atoms with Gasteiger partial charge in [0.2, 0.25) is 17.7 Å². The van der Waals surface area contributed by atoms with Gasteiger partial charge < -0.3 is 24.4 Å². The van der Waals surface area contributed by atoms with Crippen LogP contribution in [-0.4, -0.2) is 102 Å². The molecule has 2 aromatic heterocycles. The lowest BCUT2D eigenvalue weighted by Gasteiger charge is -2.30. The standard InChI is InChI=1S/C30H39F2N7O4/c31-27(32)28-34-23-4-1-2-5-24(23)39(28)25-20-26(36-30(35-25)38-14-18-42-19-15-38)43-22-8-6-21(7-9-22)29(40)33-10-3-11-37-12-16-41-17-13-37/h1-2,4-5,20-22,27H,3,6-19H2,(H,33,40). The lowest BCUT2D eigenvalue weighted by Crippen LogP contribution is -2.39. The molecule has 0 radical (unpaired) electrons. The lowest BCUT2D eigenvalue weighted by molar-refractivity contribution is -0.126. The third kappa shape index (κ3) is 7.22. The minimum absolute atomic E-state index is 0.0426. The van der Waals surface area contributed by atoms with Gasteiger partial charge in [0.1, 0.15) is 11.9 Å². The molecule has 1 aromatic carbocycles. The molecule has 3 aliphatic rings. The summed E-state index contributed by atoms with van der Waals surface area (Å²) in [4.78, 5) is 30.7. The second-order valence-corrected chi connectivity index (χ2v) is 11.2. The highest BCUT2D eigenvalue weighted by Crippen LogP contribution is 2.32. The van der Waals surface area contributed by atoms with Crippen LogP contribution in [0.25, 0.3) is 16.9 Å². The van der Waals surface area contributed by atoms with Gasteiger partial charge in [-0.3, -0.25) is 14.3 Å². The topological polar surface area (TPSA) is 107 Å². The number of nitrogens with one attached hydrogen (secondary N) is 1. The molecule has 1 N–H and O–H groups in total. The average Bonchev–Trinajstić information content (AvgIpc) is 3.44. The molecule has 6 rings (SSSR count). The van der Waals surface area contributed by atoms with Crippen LogP contribution in [0, 0.1) is 5.92 Å². The molecular weight excluding hydrogens is 560 g/mol. The quantitative estimate of drug-likeness (QED) is 0.351. The molecule has 1 saturated carbocycles. The van der Waals surface area contributed by atoms with Crippen LogP contribution in [0.5, 0.6) is 5.88 Å². The van der Waals surface area contributed by atoms with Gasteiger partial charge in [0.15, 0.2) is 5.82 Å². The summed E-state index contributed by atoms with van der Waals surface area (Å²) in [7, 11) is 0. The molecule has 11 nitrogen and oxygen atoms in total. The van der Waals surface area contributed by atoms with E-state index >= 15 is 0 Å². The number of rotatable bonds is 10. The van der Waals surface area contributed by atoms with Crippen LogP contribution in [0.2, 0.25) is 0 Å². The molecule has 0 bridgehead atoms. The first-order chi connectivity index (χ1) is 21.0. The summed E-state index contributed by atoms with van der Waals surface area (Å²) in [5.74, 6) is 0.681. The number of halogens is 2. The lowest BCUT2D eigenvalue weighted by atomic mass is 9.87. The molecule has 3 aromatic rings. The van der Waals surface area contributed by atoms with E-state index in [1.54, 1.807) is 30.3 Å². The maximum atomic E-state index is 14.1. The number of para-hydroxylation sites is 2. The summed E-state index contributed by atoms with van der Waals surface area (Å²) < 4.78 is 46.9. The Morgan fingerprint density at radius 3 is 2.44 bits per heavy atom. The van der Waals surface area contributed by atoms with Crippen LogP contribution in [-0.2, 0) is 14.3 Å². The minimum atomic E-state index is -2.79. The molecule has 0 unspecified atom stereocenters. The Hall–Kier alpha value is -3.42. The number of benzene rings is 1. The number of anilines is 1. The number of carbonyl (C=O) groups excluding carboxylic acids is 1. The van der Waals surface area contributed by atoms with Gasteiger partial charge in [0.05, 0.1) is 37.5 Å². The van der Waals surface area contributed by atoms with Crippen molar-refractivity contribution in [2.75, 3.05) is 70.6 Å². The van der Waals surface area contributed by atoms with Gasteiger partial charge in [-0.25, -0.2) is 13.8 Å². The van der Waals surface area contributed by atoms with Gasteiger partial charge in [-0.05, 0) is 50.8 Å². The molecule has 2 aliphatic heterocycles. The van der Waals surface area contributed by atoms with Crippen molar-refractivity contribution in [3.63, 3.8) is 0 Å². The molecule has 232 valence electrons. The Kier molecular flexibility index (Phi) is 9.59. The number of hydrogen-bond acceptors (Lipinski definition) is 9. The van der Waals surface area contributed by atoms with Crippen LogP contribution in [0.4, 0.5) is 14.7 Å². The number of fused-ring (bicyclic) bond motifs is 1. The smallest absolute Gasteiger partial charge is 0.296 e. The fraction of sp³-hybridized carbons (Fsp3) is 0.600. The molecule has 43 heavy (non-hydrogen) atoms. The summed E-state index contributed by atoms with van der Waals surface area (Å²) in [5, 5.41) is 3.11. The number of morpholine rings is 2. The van der Waals surface area contributed by atoms with Gasteiger partial charge >= 0.3 is 0 Å². The highest BCUT2D eigenvalue weighted by atomic mass is 19.3. The van der Waals surface area contributed by atoms with E-state index in [2.05, 4.69) is 20.2 Å². The van der Waals surface area contributed by atoms with Crippen molar-refractivity contribution in [2.24, 2.45) is 5.92 Å². The van der Waals surface area contributed by atoms with Crippen molar-refractivity contribution in [3.05, 3.63) is 36.2 Å². The Morgan fingerprint density at radius 1 is 0.977 bits per heavy atom. The first-order valence-electron chi connectivity index (χ1n) is 15.3. The number of nitrogens with zero attached hydrogens (tertiary/aromatic N) is 6. The summed E-state index contributed by atoms with van der Waals surface area (Å²) in [6.45, 7) is 7.32. The molecular formula is C30H39F2N7O4. The number of imidazole rings is 1. The van der Waals surface area contributed by atoms with E-state index in [0.29, 0.717) is 68.6 Å². The fourth-order valence-electron chi connectivity index (χ4n) is 6.01. The van der Waals surface area contributed by atoms with Crippen LogP contribution >= 0.6 is 0 Å². The number of amides is 1. The predicted octanol–water partition coefficient (Wildman–Crippen LogP) is 3.37. The second kappa shape index (κ2) is 13.9. The molecule has 2 saturated heterocycles. The Morgan fingerprint density at radius 2 is 1.70 bits per heavy atom. The largest absolute Gasteiger partial charge is 0.474 e. The first kappa shape index (κ1) is 29.6. The third-order valence-corrected chi connectivity index (χ3v) is 8.37. The number of aromatic nitrogens is 4. The van der Waals surface area contributed by atoms with E-state index in [9.17, 15) is 13.6 Å². The Labute approximate surface area is 249 Å². The van der Waals surface area contributed by atoms with E-state index in [1.807, 2.05) is 4.90 Å². The first-order valence-corrected chi connectivity index (χ1v) is 15.3. The third-order valence-electron chi connectivity index (χ3n) is 8.37. The van der Waals surface area contributed by atoms with Crippen molar-refractivity contribution >= 4 is 22.9 Å². The van der Waals surface area contributed by atoms with Crippen LogP contribution in [0.15, 0.2) is 30.3 Å². The molecule has 4 heterocycles. The zero-order valence-electron chi connectivity index (χ0n) is 24.3. The van der Waals surface area contributed by atoms with Crippen LogP contribution < -0.4 is 15.0 Å². The summed E-state index contributed by atoms with van der Waals surface area (Å²) in [6, 6.07) is 8.62. The van der Waals surface area contributed by atoms with E-state index < -0.39 is 6.43 Å². The van der Waals surface area contributed by atoms with Crippen LogP contribution in [0.1, 0.15) is 44.4 Å². The number of alkyl halides is 2. The zero-order valence-corrected chi connectivity index (χ0v) is 24.3. The summed E-state index contributed by atoms with van der Waals surface area (Å²) in [5.41, 5.74) is 0.997. The normalized spacial score (nSPS) is 21.8. The van der Waals surface area contributed by atoms with Crippen LogP contribution in [0.3, 0.4) is 0 Å². The SMILES string of the molecule is O=C(NCCCN1CCOCC1)C1CCC(Oc2cc(-n3c(C(F)F)nc4ccccc43)nc(N3CCOCC3)n2)CC1. The highest BCUT2D eigenvalue weighted by Gasteiger charge is 2.29. The fourth-order valence-corrected chi connectivity index (χ4v) is 6.01. The Balaban J connectivity index is 1.12. The van der Waals surface area contributed by atoms with Gasteiger partial charge in [0, 0.05) is 44.7 Å². The summed E-state index contributed by atoms with van der Waals surface area (Å²) >= 11 is 0. The van der Waals surface area contributed by atoms with Crippen molar-refractivity contribution in [1.29, 1.82) is 0 Å². The molecule has 0 spiro atoms. The predicted molar refractivity (Wildman–Crippen MR) is 156 cm³/mol. The number of carbonyl (C=O) groups is 1. The van der Waals surface area contributed by atoms with Crippen molar-refractivity contribution in [3.8, 4) is 11.7 Å². The average molecular weight is 600 g/mol. The number of hydrogen-bond donors (Lipinski definition) is 1. The molecule has 1 amide bonds. The van der Waals surface area contributed by atoms with E-state index in [0.717, 1.165) is 52.1 Å². The second-order valence-electron chi connectivity index (χ2n) is 11.2. The number of ether oxygens (including phenoxy) is 3. The monoisotopic (exact) mass is 599 g/mol. The van der Waals surface area contributed by atoms with Gasteiger partial charge in [-0.2, -0.15) is 9.97 Å². The highest BCUT2D eigenvalue weighted by molar-refractivity contribution is 5.79. The van der Waals surface area contributed by atoms with E-state index in [1.165, 1.54) is 4.57 Å². The zero-order chi connectivity index (χ0) is 29.6. The minimum Gasteiger partial charge on any atom is -0.474 e. The van der Waals surface area contributed by atoms with E-state index in [-0.39, 0.29) is 29.6 Å². The maximum absolute atomic E-state index is 14.1. The van der Waals surface area contributed by atoms with Gasteiger partial charge in [-0.1, -0.05) is 12.1 Å². The molecule has 1 aliphatic carbocycles. The molecule has 13 heteroatoms. The Bertz CT molecular complexity index is 1370.